The van der Waals surface area contributed by atoms with Gasteiger partial charge >= 0.3 is 6.18 Å². The molecular formula is C12H14ClF3O. The van der Waals surface area contributed by atoms with E-state index in [4.69, 9.17) is 11.6 Å². The normalized spacial score (nSPS) is 16.7. The van der Waals surface area contributed by atoms with Crippen molar-refractivity contribution in [3.05, 3.63) is 34.9 Å². The van der Waals surface area contributed by atoms with E-state index in [-0.39, 0.29) is 10.6 Å². The number of benzene rings is 1. The predicted octanol–water partition coefficient (Wildman–Crippen LogP) is 4.14. The molecule has 5 heteroatoms. The van der Waals surface area contributed by atoms with Crippen molar-refractivity contribution in [3.63, 3.8) is 0 Å². The van der Waals surface area contributed by atoms with E-state index in [1.807, 2.05) is 0 Å². The number of aliphatic hydroxyl groups is 1. The molecule has 1 rings (SSSR count). The minimum Gasteiger partial charge on any atom is -0.376 e. The maximum Gasteiger partial charge on any atom is 0.421 e. The lowest BCUT2D eigenvalue weighted by atomic mass is 9.71. The molecule has 0 aliphatic heterocycles. The summed E-state index contributed by atoms with van der Waals surface area (Å²) in [6.07, 6.45) is -4.77. The molecule has 0 amide bonds. The zero-order valence-corrected chi connectivity index (χ0v) is 10.5. The summed E-state index contributed by atoms with van der Waals surface area (Å²) < 4.78 is 39.4. The van der Waals surface area contributed by atoms with Crippen molar-refractivity contribution in [1.82, 2.24) is 0 Å². The molecule has 0 radical (unpaired) electrons. The Kier molecular flexibility index (Phi) is 3.52. The zero-order chi connectivity index (χ0) is 13.5. The van der Waals surface area contributed by atoms with Crippen molar-refractivity contribution in [1.29, 1.82) is 0 Å². The molecule has 1 aromatic carbocycles. The highest BCUT2D eigenvalue weighted by Crippen LogP contribution is 2.50. The quantitative estimate of drug-likeness (QED) is 0.810. The largest absolute Gasteiger partial charge is 0.421 e. The Balaban J connectivity index is 3.46. The Bertz CT molecular complexity index is 393. The molecular weight excluding hydrogens is 253 g/mol. The molecule has 0 saturated heterocycles. The average Bonchev–Trinajstić information content (AvgIpc) is 2.12. The Labute approximate surface area is 103 Å². The lowest BCUT2D eigenvalue weighted by molar-refractivity contribution is -0.302. The molecule has 96 valence electrons. The summed E-state index contributed by atoms with van der Waals surface area (Å²) in [6, 6.07) is 5.22. The third kappa shape index (κ3) is 2.43. The maximum atomic E-state index is 13.1. The van der Waals surface area contributed by atoms with Crippen LogP contribution in [0.2, 0.25) is 5.02 Å². The summed E-state index contributed by atoms with van der Waals surface area (Å²) in [6.45, 7) is 4.00. The van der Waals surface area contributed by atoms with Gasteiger partial charge in [-0.2, -0.15) is 13.2 Å². The highest BCUT2D eigenvalue weighted by molar-refractivity contribution is 6.30. The van der Waals surface area contributed by atoms with Gasteiger partial charge in [0.1, 0.15) is 0 Å². The van der Waals surface area contributed by atoms with Crippen LogP contribution >= 0.6 is 11.6 Å². The molecule has 17 heavy (non-hydrogen) atoms. The third-order valence-corrected chi connectivity index (χ3v) is 2.97. The molecule has 0 spiro atoms. The van der Waals surface area contributed by atoms with Crippen molar-refractivity contribution in [2.75, 3.05) is 0 Å². The van der Waals surface area contributed by atoms with E-state index in [0.717, 1.165) is 6.07 Å². The molecule has 0 aromatic heterocycles. The van der Waals surface area contributed by atoms with E-state index in [2.05, 4.69) is 0 Å². The molecule has 1 nitrogen and oxygen atoms in total. The first-order chi connectivity index (χ1) is 7.50. The number of halogens is 4. The summed E-state index contributed by atoms with van der Waals surface area (Å²) >= 11 is 5.67. The molecule has 1 unspecified atom stereocenters. The van der Waals surface area contributed by atoms with Gasteiger partial charge in [-0.05, 0) is 17.7 Å². The van der Waals surface area contributed by atoms with E-state index >= 15 is 0 Å². The van der Waals surface area contributed by atoms with Crippen molar-refractivity contribution in [3.8, 4) is 0 Å². The fourth-order valence-electron chi connectivity index (χ4n) is 1.74. The molecule has 0 heterocycles. The molecule has 1 N–H and O–H groups in total. The standard InChI is InChI=1S/C12H14ClF3O/c1-10(2,3)11(17,12(14,15)16)8-5-4-6-9(13)7-8/h4-7,17H,1-3H3. The fraction of sp³-hybridized carbons (Fsp3) is 0.500. The summed E-state index contributed by atoms with van der Waals surface area (Å²) in [7, 11) is 0. The van der Waals surface area contributed by atoms with E-state index in [0.29, 0.717) is 0 Å². The van der Waals surface area contributed by atoms with Crippen LogP contribution in [-0.2, 0) is 5.60 Å². The molecule has 0 fully saturated rings. The van der Waals surface area contributed by atoms with E-state index in [1.54, 1.807) is 0 Å². The van der Waals surface area contributed by atoms with Gasteiger partial charge < -0.3 is 5.11 Å². The third-order valence-electron chi connectivity index (χ3n) is 2.74. The number of rotatable bonds is 1. The minimum absolute atomic E-state index is 0.162. The van der Waals surface area contributed by atoms with Crippen molar-refractivity contribution in [2.24, 2.45) is 5.41 Å². The molecule has 0 bridgehead atoms. The van der Waals surface area contributed by atoms with Gasteiger partial charge in [0.2, 0.25) is 0 Å². The number of alkyl halides is 3. The number of hydrogen-bond donors (Lipinski definition) is 1. The molecule has 0 aliphatic rings. The summed E-state index contributed by atoms with van der Waals surface area (Å²) in [5.41, 5.74) is -4.56. The highest BCUT2D eigenvalue weighted by atomic mass is 35.5. The van der Waals surface area contributed by atoms with Gasteiger partial charge in [-0.15, -0.1) is 0 Å². The van der Waals surface area contributed by atoms with E-state index in [1.165, 1.54) is 39.0 Å². The first-order valence-electron chi connectivity index (χ1n) is 5.05. The van der Waals surface area contributed by atoms with Crippen molar-refractivity contribution >= 4 is 11.6 Å². The molecule has 1 atom stereocenters. The number of hydrogen-bond acceptors (Lipinski definition) is 1. The van der Waals surface area contributed by atoms with Gasteiger partial charge in [-0.1, -0.05) is 44.5 Å². The van der Waals surface area contributed by atoms with Crippen LogP contribution in [0.15, 0.2) is 24.3 Å². The maximum absolute atomic E-state index is 13.1. The monoisotopic (exact) mass is 266 g/mol. The van der Waals surface area contributed by atoms with Gasteiger partial charge in [0.05, 0.1) is 0 Å². The average molecular weight is 267 g/mol. The van der Waals surface area contributed by atoms with Crippen LogP contribution in [-0.4, -0.2) is 11.3 Å². The Morgan fingerprint density at radius 2 is 1.65 bits per heavy atom. The highest BCUT2D eigenvalue weighted by Gasteiger charge is 2.61. The Morgan fingerprint density at radius 1 is 1.12 bits per heavy atom. The van der Waals surface area contributed by atoms with Crippen LogP contribution in [0.5, 0.6) is 0 Å². The SMILES string of the molecule is CC(C)(C)C(O)(c1cccc(Cl)c1)C(F)(F)F. The van der Waals surface area contributed by atoms with Crippen LogP contribution in [0.4, 0.5) is 13.2 Å². The van der Waals surface area contributed by atoms with Crippen LogP contribution in [0.1, 0.15) is 26.3 Å². The smallest absolute Gasteiger partial charge is 0.376 e. The van der Waals surface area contributed by atoms with Crippen molar-refractivity contribution < 1.29 is 18.3 Å². The second-order valence-electron chi connectivity index (χ2n) is 4.97. The van der Waals surface area contributed by atoms with Gasteiger partial charge in [-0.25, -0.2) is 0 Å². The Morgan fingerprint density at radius 3 is 2.00 bits per heavy atom. The topological polar surface area (TPSA) is 20.2 Å². The zero-order valence-electron chi connectivity index (χ0n) is 9.77. The van der Waals surface area contributed by atoms with Gasteiger partial charge in [0, 0.05) is 10.4 Å². The first kappa shape index (κ1) is 14.3. The van der Waals surface area contributed by atoms with Crippen LogP contribution in [0.25, 0.3) is 0 Å². The fourth-order valence-corrected chi connectivity index (χ4v) is 1.93. The second kappa shape index (κ2) is 4.18. The lowest BCUT2D eigenvalue weighted by Crippen LogP contribution is -2.52. The molecule has 1 aromatic rings. The van der Waals surface area contributed by atoms with Gasteiger partial charge in [-0.3, -0.25) is 0 Å². The van der Waals surface area contributed by atoms with Gasteiger partial charge in [0.25, 0.3) is 0 Å². The van der Waals surface area contributed by atoms with E-state index in [9.17, 15) is 18.3 Å². The van der Waals surface area contributed by atoms with E-state index < -0.39 is 17.2 Å². The Hall–Kier alpha value is -0.740. The van der Waals surface area contributed by atoms with Crippen LogP contribution in [0.3, 0.4) is 0 Å². The summed E-state index contributed by atoms with van der Waals surface area (Å²) in [4.78, 5) is 0. The van der Waals surface area contributed by atoms with Crippen LogP contribution < -0.4 is 0 Å². The minimum atomic E-state index is -4.77. The van der Waals surface area contributed by atoms with Gasteiger partial charge in [0.15, 0.2) is 5.60 Å². The van der Waals surface area contributed by atoms with Crippen molar-refractivity contribution in [2.45, 2.75) is 32.5 Å². The summed E-state index contributed by atoms with van der Waals surface area (Å²) in [5.74, 6) is 0. The lowest BCUT2D eigenvalue weighted by Gasteiger charge is -2.41. The molecule has 0 saturated carbocycles. The second-order valence-corrected chi connectivity index (χ2v) is 5.40. The first-order valence-corrected chi connectivity index (χ1v) is 5.43. The predicted molar refractivity (Wildman–Crippen MR) is 60.9 cm³/mol. The summed E-state index contributed by atoms with van der Waals surface area (Å²) in [5, 5.41) is 10.3. The molecule has 0 aliphatic carbocycles. The van der Waals surface area contributed by atoms with Crippen LogP contribution in [0, 0.1) is 5.41 Å².